The number of aryl methyl sites for hydroxylation is 1. The normalized spacial score (nSPS) is 18.0. The third-order valence-corrected chi connectivity index (χ3v) is 6.93. The van der Waals surface area contributed by atoms with Crippen molar-refractivity contribution in [2.24, 2.45) is 11.8 Å². The van der Waals surface area contributed by atoms with E-state index in [0.29, 0.717) is 25.0 Å². The van der Waals surface area contributed by atoms with Crippen molar-refractivity contribution in [1.29, 1.82) is 0 Å². The first-order valence-electron chi connectivity index (χ1n) is 12.6. The number of aliphatic carboxylic acids is 1. The maximum atomic E-state index is 10.7. The lowest BCUT2D eigenvalue weighted by Gasteiger charge is -2.28. The Morgan fingerprint density at radius 2 is 1.74 bits per heavy atom. The molecule has 0 amide bonds. The third kappa shape index (κ3) is 6.59. The van der Waals surface area contributed by atoms with Crippen molar-refractivity contribution >= 4 is 5.97 Å². The Labute approximate surface area is 207 Å². The van der Waals surface area contributed by atoms with Gasteiger partial charge in [-0.1, -0.05) is 60.2 Å². The lowest BCUT2D eigenvalue weighted by atomic mass is 9.82. The molecule has 1 fully saturated rings. The standard InChI is InChI=1S/C29H36N2O4/c1-21-7-6-10-25(17-21)28-26(15-16-34-2)31(30-29(28)24-8-4-3-5-9-24)18-22-11-13-23(14-12-22)19-35-20-27(32)33/h3-10,17,22-23H,11-16,18-20H2,1-2H3,(H,32,33). The molecule has 1 heterocycles. The van der Waals surface area contributed by atoms with E-state index >= 15 is 0 Å². The van der Waals surface area contributed by atoms with Crippen molar-refractivity contribution in [3.05, 3.63) is 65.9 Å². The molecule has 0 unspecified atom stereocenters. The molecular formula is C29H36N2O4. The van der Waals surface area contributed by atoms with Crippen LogP contribution in [-0.2, 0) is 27.2 Å². The number of benzene rings is 2. The molecule has 2 aromatic carbocycles. The molecule has 1 saturated carbocycles. The van der Waals surface area contributed by atoms with Crippen LogP contribution in [0.25, 0.3) is 22.4 Å². The van der Waals surface area contributed by atoms with Crippen molar-refractivity contribution in [2.45, 2.75) is 45.6 Å². The number of carbonyl (C=O) groups is 1. The van der Waals surface area contributed by atoms with E-state index in [1.165, 1.54) is 22.4 Å². The van der Waals surface area contributed by atoms with Crippen molar-refractivity contribution in [2.75, 3.05) is 26.9 Å². The molecule has 0 spiro atoms. The van der Waals surface area contributed by atoms with Crippen LogP contribution in [0.1, 0.15) is 36.9 Å². The van der Waals surface area contributed by atoms with Gasteiger partial charge in [0.05, 0.1) is 13.2 Å². The Hall–Kier alpha value is -2.96. The summed E-state index contributed by atoms with van der Waals surface area (Å²) in [6.07, 6.45) is 5.14. The highest BCUT2D eigenvalue weighted by Gasteiger charge is 2.26. The summed E-state index contributed by atoms with van der Waals surface area (Å²) in [5.74, 6) is 0.0828. The van der Waals surface area contributed by atoms with E-state index in [1.807, 2.05) is 6.07 Å². The maximum absolute atomic E-state index is 10.7. The van der Waals surface area contributed by atoms with Gasteiger partial charge in [-0.25, -0.2) is 4.79 Å². The quantitative estimate of drug-likeness (QED) is 0.389. The number of carboxylic acid groups (broad SMARTS) is 1. The van der Waals surface area contributed by atoms with E-state index in [1.54, 1.807) is 7.11 Å². The van der Waals surface area contributed by atoms with Crippen LogP contribution >= 0.6 is 0 Å². The van der Waals surface area contributed by atoms with Gasteiger partial charge in [-0.3, -0.25) is 4.68 Å². The Bertz CT molecular complexity index is 1100. The largest absolute Gasteiger partial charge is 0.480 e. The van der Waals surface area contributed by atoms with Gasteiger partial charge in [0.25, 0.3) is 0 Å². The van der Waals surface area contributed by atoms with Gasteiger partial charge in [-0.2, -0.15) is 5.10 Å². The average Bonchev–Trinajstić information content (AvgIpc) is 3.22. The average molecular weight is 477 g/mol. The second-order valence-electron chi connectivity index (χ2n) is 9.63. The smallest absolute Gasteiger partial charge is 0.329 e. The summed E-state index contributed by atoms with van der Waals surface area (Å²) in [6.45, 7) is 3.99. The lowest BCUT2D eigenvalue weighted by Crippen LogP contribution is -2.24. The number of hydrogen-bond donors (Lipinski definition) is 1. The fraction of sp³-hybridized carbons (Fsp3) is 0.448. The van der Waals surface area contributed by atoms with Crippen molar-refractivity contribution in [3.8, 4) is 22.4 Å². The number of nitrogens with zero attached hydrogens (tertiary/aromatic N) is 2. The van der Waals surface area contributed by atoms with Crippen LogP contribution < -0.4 is 0 Å². The number of methoxy groups -OCH3 is 1. The topological polar surface area (TPSA) is 73.6 Å². The molecule has 0 saturated heterocycles. The highest BCUT2D eigenvalue weighted by Crippen LogP contribution is 2.37. The zero-order valence-electron chi connectivity index (χ0n) is 20.8. The van der Waals surface area contributed by atoms with Crippen LogP contribution in [0.4, 0.5) is 0 Å². The molecule has 0 radical (unpaired) electrons. The number of ether oxygens (including phenoxy) is 2. The van der Waals surface area contributed by atoms with Crippen molar-refractivity contribution < 1.29 is 19.4 Å². The van der Waals surface area contributed by atoms with Crippen LogP contribution in [0.3, 0.4) is 0 Å². The van der Waals surface area contributed by atoms with Gasteiger partial charge < -0.3 is 14.6 Å². The van der Waals surface area contributed by atoms with Crippen LogP contribution in [0, 0.1) is 18.8 Å². The molecule has 6 nitrogen and oxygen atoms in total. The molecule has 35 heavy (non-hydrogen) atoms. The molecule has 186 valence electrons. The van der Waals surface area contributed by atoms with Gasteiger partial charge >= 0.3 is 5.97 Å². The Balaban J connectivity index is 1.60. The number of aromatic nitrogens is 2. The fourth-order valence-corrected chi connectivity index (χ4v) is 5.14. The Morgan fingerprint density at radius 1 is 1.03 bits per heavy atom. The highest BCUT2D eigenvalue weighted by molar-refractivity contribution is 5.83. The second-order valence-corrected chi connectivity index (χ2v) is 9.63. The van der Waals surface area contributed by atoms with Crippen LogP contribution in [0.2, 0.25) is 0 Å². The molecule has 1 aromatic heterocycles. The summed E-state index contributed by atoms with van der Waals surface area (Å²) >= 11 is 0. The first-order chi connectivity index (χ1) is 17.0. The van der Waals surface area contributed by atoms with Gasteiger partial charge in [-0.15, -0.1) is 0 Å². The van der Waals surface area contributed by atoms with Gasteiger partial charge in [0, 0.05) is 36.9 Å². The zero-order valence-corrected chi connectivity index (χ0v) is 20.8. The Morgan fingerprint density at radius 3 is 2.43 bits per heavy atom. The first-order valence-corrected chi connectivity index (χ1v) is 12.6. The van der Waals surface area contributed by atoms with Gasteiger partial charge in [0.2, 0.25) is 0 Å². The molecule has 1 N–H and O–H groups in total. The summed E-state index contributed by atoms with van der Waals surface area (Å²) in [6, 6.07) is 19.1. The van der Waals surface area contributed by atoms with E-state index in [4.69, 9.17) is 19.7 Å². The lowest BCUT2D eigenvalue weighted by molar-refractivity contribution is -0.142. The molecule has 0 atom stereocenters. The predicted octanol–water partition coefficient (Wildman–Crippen LogP) is 5.62. The van der Waals surface area contributed by atoms with E-state index in [0.717, 1.165) is 49.9 Å². The molecule has 6 heteroatoms. The minimum Gasteiger partial charge on any atom is -0.480 e. The molecule has 1 aliphatic rings. The summed E-state index contributed by atoms with van der Waals surface area (Å²) in [5, 5.41) is 14.0. The maximum Gasteiger partial charge on any atom is 0.329 e. The Kier molecular flexibility index (Phi) is 8.72. The molecule has 4 rings (SSSR count). The number of rotatable bonds is 11. The van der Waals surface area contributed by atoms with E-state index in [2.05, 4.69) is 60.1 Å². The van der Waals surface area contributed by atoms with E-state index < -0.39 is 5.97 Å². The monoisotopic (exact) mass is 476 g/mol. The van der Waals surface area contributed by atoms with Gasteiger partial charge in [-0.05, 0) is 50.0 Å². The highest BCUT2D eigenvalue weighted by atomic mass is 16.5. The molecule has 0 aliphatic heterocycles. The fourth-order valence-electron chi connectivity index (χ4n) is 5.14. The minimum absolute atomic E-state index is 0.208. The molecular weight excluding hydrogens is 440 g/mol. The summed E-state index contributed by atoms with van der Waals surface area (Å²) in [7, 11) is 1.75. The second kappa shape index (κ2) is 12.1. The SMILES string of the molecule is COCCc1c(-c2cccc(C)c2)c(-c2ccccc2)nn1CC1CCC(COCC(=O)O)CC1. The molecule has 3 aromatic rings. The van der Waals surface area contributed by atoms with Crippen molar-refractivity contribution in [3.63, 3.8) is 0 Å². The zero-order chi connectivity index (χ0) is 24.6. The van der Waals surface area contributed by atoms with Crippen LogP contribution in [-0.4, -0.2) is 47.8 Å². The number of carboxylic acids is 1. The summed E-state index contributed by atoms with van der Waals surface area (Å²) in [4.78, 5) is 10.7. The summed E-state index contributed by atoms with van der Waals surface area (Å²) in [5.41, 5.74) is 7.01. The van der Waals surface area contributed by atoms with E-state index in [-0.39, 0.29) is 6.61 Å². The van der Waals surface area contributed by atoms with Crippen LogP contribution in [0.15, 0.2) is 54.6 Å². The molecule has 0 bridgehead atoms. The van der Waals surface area contributed by atoms with Crippen molar-refractivity contribution in [1.82, 2.24) is 9.78 Å². The third-order valence-electron chi connectivity index (χ3n) is 6.93. The van der Waals surface area contributed by atoms with Gasteiger partial charge in [0.15, 0.2) is 0 Å². The van der Waals surface area contributed by atoms with Gasteiger partial charge in [0.1, 0.15) is 12.3 Å². The first kappa shape index (κ1) is 25.1. The predicted molar refractivity (Wildman–Crippen MR) is 137 cm³/mol. The minimum atomic E-state index is -0.903. The van der Waals surface area contributed by atoms with Crippen LogP contribution in [0.5, 0.6) is 0 Å². The number of hydrogen-bond acceptors (Lipinski definition) is 4. The molecule has 1 aliphatic carbocycles. The van der Waals surface area contributed by atoms with E-state index in [9.17, 15) is 4.79 Å². The summed E-state index contributed by atoms with van der Waals surface area (Å²) < 4.78 is 13.1.